The molecule has 3 aromatic rings. The van der Waals surface area contributed by atoms with Crippen LogP contribution in [0, 0.1) is 0 Å². The number of anilines is 1. The fourth-order valence-corrected chi connectivity index (χ4v) is 2.51. The molecular weight excluding hydrogens is 322 g/mol. The number of nitrogens with zero attached hydrogens (tertiary/aromatic N) is 2. The predicted octanol–water partition coefficient (Wildman–Crippen LogP) is 2.72. The van der Waals surface area contributed by atoms with Gasteiger partial charge in [0.25, 0.3) is 0 Å². The molecule has 1 unspecified atom stereocenters. The van der Waals surface area contributed by atoms with Gasteiger partial charge >= 0.3 is 5.97 Å². The summed E-state index contributed by atoms with van der Waals surface area (Å²) in [4.78, 5) is 12.2. The number of carbonyl (C=O) groups excluding carboxylic acids is 1. The van der Waals surface area contributed by atoms with Crippen LogP contribution in [0.25, 0.3) is 10.9 Å². The van der Waals surface area contributed by atoms with E-state index in [4.69, 9.17) is 9.15 Å². The van der Waals surface area contributed by atoms with Gasteiger partial charge in [-0.25, -0.2) is 4.79 Å². The molecule has 0 saturated carbocycles. The third-order valence-electron chi connectivity index (χ3n) is 3.80. The average Bonchev–Trinajstić information content (AvgIpc) is 3.15. The first-order valence-corrected chi connectivity index (χ1v) is 7.95. The Balaban J connectivity index is 1.98. The van der Waals surface area contributed by atoms with Crippen LogP contribution in [0.1, 0.15) is 30.1 Å². The van der Waals surface area contributed by atoms with Gasteiger partial charge in [-0.15, -0.1) is 10.2 Å². The molecule has 0 aliphatic rings. The second-order valence-corrected chi connectivity index (χ2v) is 5.77. The summed E-state index contributed by atoms with van der Waals surface area (Å²) in [6, 6.07) is 10.7. The number of esters is 1. The number of carbonyl (C=O) groups is 1. The molecule has 0 fully saturated rings. The van der Waals surface area contributed by atoms with Gasteiger partial charge in [-0.1, -0.05) is 18.2 Å². The van der Waals surface area contributed by atoms with E-state index in [1.807, 2.05) is 18.2 Å². The van der Waals surface area contributed by atoms with E-state index in [-0.39, 0.29) is 18.8 Å². The Bertz CT molecular complexity index is 875. The van der Waals surface area contributed by atoms with Gasteiger partial charge in [0.05, 0.1) is 30.6 Å². The minimum atomic E-state index is -1.26. The highest BCUT2D eigenvalue weighted by molar-refractivity contribution is 6.03. The summed E-state index contributed by atoms with van der Waals surface area (Å²) < 4.78 is 10.3. The van der Waals surface area contributed by atoms with E-state index in [0.717, 1.165) is 5.39 Å². The molecular formula is C18H19N3O4. The van der Waals surface area contributed by atoms with Gasteiger partial charge < -0.3 is 19.6 Å². The lowest BCUT2D eigenvalue weighted by Gasteiger charge is -2.23. The van der Waals surface area contributed by atoms with E-state index in [9.17, 15) is 9.90 Å². The SMILES string of the molecule is CCOC(=O)c1nnc2ccccc2c1NCC(C)(O)c1ccco1. The third-order valence-corrected chi connectivity index (χ3v) is 3.80. The largest absolute Gasteiger partial charge is 0.466 e. The molecule has 25 heavy (non-hydrogen) atoms. The number of aromatic nitrogens is 2. The first kappa shape index (κ1) is 16.9. The molecule has 2 aromatic heterocycles. The van der Waals surface area contributed by atoms with Crippen LogP contribution in [0.3, 0.4) is 0 Å². The van der Waals surface area contributed by atoms with E-state index in [2.05, 4.69) is 15.5 Å². The molecule has 0 aliphatic heterocycles. The Hall–Kier alpha value is -2.93. The van der Waals surface area contributed by atoms with Crippen LogP contribution >= 0.6 is 0 Å². The quantitative estimate of drug-likeness (QED) is 0.665. The van der Waals surface area contributed by atoms with Crippen LogP contribution in [0.15, 0.2) is 47.1 Å². The number of benzene rings is 1. The summed E-state index contributed by atoms with van der Waals surface area (Å²) in [7, 11) is 0. The van der Waals surface area contributed by atoms with Crippen molar-refractivity contribution in [2.45, 2.75) is 19.4 Å². The number of hydrogen-bond acceptors (Lipinski definition) is 7. The second kappa shape index (κ2) is 6.90. The number of hydrogen-bond donors (Lipinski definition) is 2. The normalized spacial score (nSPS) is 13.4. The highest BCUT2D eigenvalue weighted by Crippen LogP contribution is 2.27. The molecule has 0 aliphatic carbocycles. The Labute approximate surface area is 144 Å². The first-order chi connectivity index (χ1) is 12.0. The standard InChI is InChI=1S/C18H19N3O4/c1-3-24-17(22)16-15(12-7-4-5-8-13(12)20-21-16)19-11-18(2,23)14-9-6-10-25-14/h4-10,23H,3,11H2,1-2H3,(H,19,20). The summed E-state index contributed by atoms with van der Waals surface area (Å²) >= 11 is 0. The first-order valence-electron chi connectivity index (χ1n) is 7.95. The number of aliphatic hydroxyl groups is 1. The van der Waals surface area contributed by atoms with E-state index in [1.54, 1.807) is 32.0 Å². The van der Waals surface area contributed by atoms with Gasteiger partial charge in [-0.2, -0.15) is 0 Å². The maximum absolute atomic E-state index is 12.2. The second-order valence-electron chi connectivity index (χ2n) is 5.77. The fraction of sp³-hybridized carbons (Fsp3) is 0.278. The number of fused-ring (bicyclic) bond motifs is 1. The van der Waals surface area contributed by atoms with Crippen molar-refractivity contribution in [3.05, 3.63) is 54.1 Å². The molecule has 0 spiro atoms. The summed E-state index contributed by atoms with van der Waals surface area (Å²) in [6.07, 6.45) is 1.50. The van der Waals surface area contributed by atoms with Crippen LogP contribution in [0.4, 0.5) is 5.69 Å². The fourth-order valence-electron chi connectivity index (χ4n) is 2.51. The van der Waals surface area contributed by atoms with Crippen molar-refractivity contribution >= 4 is 22.6 Å². The van der Waals surface area contributed by atoms with Crippen LogP contribution in [-0.2, 0) is 10.3 Å². The smallest absolute Gasteiger partial charge is 0.361 e. The molecule has 0 bridgehead atoms. The lowest BCUT2D eigenvalue weighted by molar-refractivity contribution is 0.0469. The zero-order valence-electron chi connectivity index (χ0n) is 14.0. The minimum absolute atomic E-state index is 0.0794. The van der Waals surface area contributed by atoms with Crippen molar-refractivity contribution in [3.63, 3.8) is 0 Å². The van der Waals surface area contributed by atoms with E-state index >= 15 is 0 Å². The van der Waals surface area contributed by atoms with Crippen molar-refractivity contribution in [2.24, 2.45) is 0 Å². The Morgan fingerprint density at radius 1 is 1.28 bits per heavy atom. The van der Waals surface area contributed by atoms with Crippen molar-refractivity contribution in [1.82, 2.24) is 10.2 Å². The molecule has 0 radical (unpaired) electrons. The molecule has 0 saturated heterocycles. The van der Waals surface area contributed by atoms with Gasteiger partial charge in [0.15, 0.2) is 5.69 Å². The van der Waals surface area contributed by atoms with Crippen LogP contribution in [0.2, 0.25) is 0 Å². The van der Waals surface area contributed by atoms with Crippen LogP contribution < -0.4 is 5.32 Å². The molecule has 7 nitrogen and oxygen atoms in total. The minimum Gasteiger partial charge on any atom is -0.466 e. The Morgan fingerprint density at radius 2 is 2.08 bits per heavy atom. The molecule has 3 rings (SSSR count). The van der Waals surface area contributed by atoms with Crippen molar-refractivity contribution < 1.29 is 19.1 Å². The monoisotopic (exact) mass is 341 g/mol. The number of furan rings is 1. The van der Waals surface area contributed by atoms with Gasteiger partial charge in [0, 0.05) is 5.39 Å². The molecule has 0 amide bonds. The predicted molar refractivity (Wildman–Crippen MR) is 92.3 cm³/mol. The Morgan fingerprint density at radius 3 is 2.80 bits per heavy atom. The molecule has 2 heterocycles. The summed E-state index contributed by atoms with van der Waals surface area (Å²) in [5.74, 6) is -0.148. The molecule has 130 valence electrons. The number of rotatable bonds is 6. The van der Waals surface area contributed by atoms with Crippen molar-refractivity contribution in [2.75, 3.05) is 18.5 Å². The summed E-state index contributed by atoms with van der Waals surface area (Å²) in [5.41, 5.74) is -0.0813. The van der Waals surface area contributed by atoms with Gasteiger partial charge in [-0.05, 0) is 32.0 Å². The van der Waals surface area contributed by atoms with E-state index in [1.165, 1.54) is 6.26 Å². The summed E-state index contributed by atoms with van der Waals surface area (Å²) in [6.45, 7) is 3.69. The van der Waals surface area contributed by atoms with Crippen LogP contribution in [0.5, 0.6) is 0 Å². The van der Waals surface area contributed by atoms with E-state index in [0.29, 0.717) is 17.0 Å². The maximum Gasteiger partial charge on any atom is 0.361 e. The maximum atomic E-state index is 12.2. The van der Waals surface area contributed by atoms with Crippen LogP contribution in [-0.4, -0.2) is 34.4 Å². The zero-order valence-corrected chi connectivity index (χ0v) is 14.0. The average molecular weight is 341 g/mol. The zero-order chi connectivity index (χ0) is 17.9. The van der Waals surface area contributed by atoms with Crippen molar-refractivity contribution in [1.29, 1.82) is 0 Å². The molecule has 7 heteroatoms. The topological polar surface area (TPSA) is 97.5 Å². The van der Waals surface area contributed by atoms with E-state index < -0.39 is 11.6 Å². The molecule has 2 N–H and O–H groups in total. The number of nitrogens with one attached hydrogen (secondary N) is 1. The number of ether oxygens (including phenoxy) is 1. The molecule has 1 atom stereocenters. The highest BCUT2D eigenvalue weighted by atomic mass is 16.5. The van der Waals surface area contributed by atoms with Gasteiger partial charge in [0.1, 0.15) is 11.4 Å². The molecule has 1 aromatic carbocycles. The third kappa shape index (κ3) is 3.46. The van der Waals surface area contributed by atoms with Crippen molar-refractivity contribution in [3.8, 4) is 0 Å². The van der Waals surface area contributed by atoms with Gasteiger partial charge in [0.2, 0.25) is 0 Å². The Kier molecular flexibility index (Phi) is 4.67. The lowest BCUT2D eigenvalue weighted by atomic mass is 10.0. The van der Waals surface area contributed by atoms with Gasteiger partial charge in [-0.3, -0.25) is 0 Å². The highest BCUT2D eigenvalue weighted by Gasteiger charge is 2.28. The summed E-state index contributed by atoms with van der Waals surface area (Å²) in [5, 5.41) is 22.5. The lowest BCUT2D eigenvalue weighted by Crippen LogP contribution is -2.31.